The molecule has 1 amide bonds. The maximum atomic E-state index is 12.8. The third kappa shape index (κ3) is 4.71. The molecule has 3 rings (SSSR count). The Morgan fingerprint density at radius 3 is 2.45 bits per heavy atom. The summed E-state index contributed by atoms with van der Waals surface area (Å²) < 4.78 is 1.73. The summed E-state index contributed by atoms with van der Waals surface area (Å²) in [5.41, 5.74) is 4.70. The number of carboxylic acids is 1. The smallest absolute Gasteiger partial charge is 0.308 e. The van der Waals surface area contributed by atoms with Crippen LogP contribution >= 0.6 is 0 Å². The first-order chi connectivity index (χ1) is 13.9. The number of benzene rings is 2. The van der Waals surface area contributed by atoms with Gasteiger partial charge in [0, 0.05) is 6.54 Å². The summed E-state index contributed by atoms with van der Waals surface area (Å²) in [6.07, 6.45) is 0.360. The quantitative estimate of drug-likeness (QED) is 0.646. The highest BCUT2D eigenvalue weighted by molar-refractivity contribution is 5.96. The second kappa shape index (κ2) is 8.73. The molecule has 6 nitrogen and oxygen atoms in total. The Bertz CT molecular complexity index is 1030. The summed E-state index contributed by atoms with van der Waals surface area (Å²) >= 11 is 0. The minimum Gasteiger partial charge on any atom is -0.481 e. The van der Waals surface area contributed by atoms with Gasteiger partial charge in [-0.25, -0.2) is 4.68 Å². The number of amides is 1. The minimum atomic E-state index is -0.930. The lowest BCUT2D eigenvalue weighted by molar-refractivity contribution is -0.141. The van der Waals surface area contributed by atoms with Crippen molar-refractivity contribution in [3.8, 4) is 5.69 Å². The van der Waals surface area contributed by atoms with E-state index in [0.717, 1.165) is 22.5 Å². The van der Waals surface area contributed by atoms with Crippen molar-refractivity contribution in [3.05, 3.63) is 82.7 Å². The number of rotatable bonds is 7. The number of nitrogens with zero attached hydrogens (tertiary/aromatic N) is 2. The number of carbonyl (C=O) groups is 2. The van der Waals surface area contributed by atoms with E-state index in [4.69, 9.17) is 0 Å². The van der Waals surface area contributed by atoms with E-state index in [9.17, 15) is 14.7 Å². The largest absolute Gasteiger partial charge is 0.481 e. The van der Waals surface area contributed by atoms with Gasteiger partial charge in [0.25, 0.3) is 5.91 Å². The molecular formula is C23H25N3O3. The number of para-hydroxylation sites is 1. The molecule has 0 aliphatic heterocycles. The lowest BCUT2D eigenvalue weighted by Crippen LogP contribution is -2.34. The van der Waals surface area contributed by atoms with Crippen LogP contribution in [-0.4, -0.2) is 33.3 Å². The number of aromatic nitrogens is 2. The van der Waals surface area contributed by atoms with Crippen molar-refractivity contribution in [3.63, 3.8) is 0 Å². The third-order valence-electron chi connectivity index (χ3n) is 4.94. The molecule has 29 heavy (non-hydrogen) atoms. The predicted molar refractivity (Wildman–Crippen MR) is 111 cm³/mol. The summed E-state index contributed by atoms with van der Waals surface area (Å²) in [5, 5.41) is 16.9. The van der Waals surface area contributed by atoms with Gasteiger partial charge in [0.15, 0.2) is 0 Å². The van der Waals surface area contributed by atoms with Crippen molar-refractivity contribution >= 4 is 11.9 Å². The first kappa shape index (κ1) is 20.3. The van der Waals surface area contributed by atoms with E-state index in [1.54, 1.807) is 11.6 Å². The standard InChI is InChI=1S/C23H25N3O3/c1-15-8-7-9-18(12-15)13-19(23(28)29)14-24-22(27)21-16(2)25-26(17(21)3)20-10-5-4-6-11-20/h4-12,19H,13-14H2,1-3H3,(H,24,27)(H,28,29). The van der Waals surface area contributed by atoms with Crippen LogP contribution in [0.5, 0.6) is 0 Å². The summed E-state index contributed by atoms with van der Waals surface area (Å²) in [7, 11) is 0. The first-order valence-electron chi connectivity index (χ1n) is 9.55. The molecule has 3 aromatic rings. The fraction of sp³-hybridized carbons (Fsp3) is 0.261. The second-order valence-corrected chi connectivity index (χ2v) is 7.23. The van der Waals surface area contributed by atoms with Crippen molar-refractivity contribution in [1.29, 1.82) is 0 Å². The van der Waals surface area contributed by atoms with Gasteiger partial charge >= 0.3 is 5.97 Å². The molecule has 2 aromatic carbocycles. The fourth-order valence-electron chi connectivity index (χ4n) is 3.47. The topological polar surface area (TPSA) is 84.2 Å². The van der Waals surface area contributed by atoms with Crippen LogP contribution in [0.2, 0.25) is 0 Å². The monoisotopic (exact) mass is 391 g/mol. The Morgan fingerprint density at radius 1 is 1.07 bits per heavy atom. The highest BCUT2D eigenvalue weighted by Crippen LogP contribution is 2.18. The number of aryl methyl sites for hydroxylation is 2. The third-order valence-corrected chi connectivity index (χ3v) is 4.94. The molecule has 0 spiro atoms. The molecule has 1 heterocycles. The zero-order valence-electron chi connectivity index (χ0n) is 16.8. The van der Waals surface area contributed by atoms with E-state index < -0.39 is 11.9 Å². The average molecular weight is 391 g/mol. The molecule has 0 fully saturated rings. The predicted octanol–water partition coefficient (Wildman–Crippen LogP) is 3.47. The van der Waals surface area contributed by atoms with Crippen LogP contribution in [0.1, 0.15) is 32.9 Å². The second-order valence-electron chi connectivity index (χ2n) is 7.23. The lowest BCUT2D eigenvalue weighted by Gasteiger charge is -2.14. The molecule has 0 bridgehead atoms. The Labute approximate surface area is 170 Å². The molecular weight excluding hydrogens is 366 g/mol. The molecule has 0 radical (unpaired) electrons. The number of nitrogens with one attached hydrogen (secondary N) is 1. The van der Waals surface area contributed by atoms with E-state index in [0.29, 0.717) is 17.7 Å². The Morgan fingerprint density at radius 2 is 1.79 bits per heavy atom. The van der Waals surface area contributed by atoms with Gasteiger partial charge in [0.05, 0.1) is 28.6 Å². The molecule has 1 atom stereocenters. The van der Waals surface area contributed by atoms with Crippen LogP contribution in [0.4, 0.5) is 0 Å². The lowest BCUT2D eigenvalue weighted by atomic mass is 9.98. The molecule has 6 heteroatoms. The molecule has 1 aromatic heterocycles. The van der Waals surface area contributed by atoms with E-state index in [-0.39, 0.29) is 12.5 Å². The number of hydrogen-bond donors (Lipinski definition) is 2. The van der Waals surface area contributed by atoms with Gasteiger partial charge in [-0.3, -0.25) is 9.59 Å². The maximum absolute atomic E-state index is 12.8. The van der Waals surface area contributed by atoms with E-state index in [1.807, 2.05) is 68.4 Å². The molecule has 0 aliphatic rings. The van der Waals surface area contributed by atoms with Gasteiger partial charge in [-0.05, 0) is 44.9 Å². The van der Waals surface area contributed by atoms with E-state index >= 15 is 0 Å². The molecule has 0 saturated carbocycles. The minimum absolute atomic E-state index is 0.0531. The van der Waals surface area contributed by atoms with Crippen LogP contribution in [-0.2, 0) is 11.2 Å². The molecule has 2 N–H and O–H groups in total. The van der Waals surface area contributed by atoms with Crippen molar-refractivity contribution in [1.82, 2.24) is 15.1 Å². The normalized spacial score (nSPS) is 11.8. The molecule has 0 saturated heterocycles. The Hall–Kier alpha value is -3.41. The van der Waals surface area contributed by atoms with Gasteiger partial charge < -0.3 is 10.4 Å². The van der Waals surface area contributed by atoms with Crippen molar-refractivity contribution < 1.29 is 14.7 Å². The van der Waals surface area contributed by atoms with Crippen molar-refractivity contribution in [2.75, 3.05) is 6.54 Å². The van der Waals surface area contributed by atoms with Crippen LogP contribution in [0, 0.1) is 26.7 Å². The van der Waals surface area contributed by atoms with E-state index in [2.05, 4.69) is 10.4 Å². The molecule has 150 valence electrons. The SMILES string of the molecule is Cc1cccc(CC(CNC(=O)c2c(C)nn(-c3ccccc3)c2C)C(=O)O)c1. The van der Waals surface area contributed by atoms with Gasteiger partial charge in [0.1, 0.15) is 0 Å². The zero-order chi connectivity index (χ0) is 21.0. The number of carbonyl (C=O) groups excluding carboxylic acids is 1. The summed E-state index contributed by atoms with van der Waals surface area (Å²) in [5.74, 6) is -1.94. The van der Waals surface area contributed by atoms with Crippen LogP contribution < -0.4 is 5.32 Å². The number of carboxylic acid groups (broad SMARTS) is 1. The summed E-state index contributed by atoms with van der Waals surface area (Å²) in [4.78, 5) is 24.5. The Balaban J connectivity index is 1.74. The summed E-state index contributed by atoms with van der Waals surface area (Å²) in [6, 6.07) is 17.3. The van der Waals surface area contributed by atoms with Gasteiger partial charge in [-0.1, -0.05) is 48.0 Å². The summed E-state index contributed by atoms with van der Waals surface area (Å²) in [6.45, 7) is 5.64. The van der Waals surface area contributed by atoms with Crippen LogP contribution in [0.3, 0.4) is 0 Å². The van der Waals surface area contributed by atoms with Crippen molar-refractivity contribution in [2.24, 2.45) is 5.92 Å². The zero-order valence-corrected chi connectivity index (χ0v) is 16.8. The highest BCUT2D eigenvalue weighted by Gasteiger charge is 2.23. The highest BCUT2D eigenvalue weighted by atomic mass is 16.4. The first-order valence-corrected chi connectivity index (χ1v) is 9.55. The molecule has 0 aliphatic carbocycles. The van der Waals surface area contributed by atoms with Crippen LogP contribution in [0.15, 0.2) is 54.6 Å². The van der Waals surface area contributed by atoms with Gasteiger partial charge in [0.2, 0.25) is 0 Å². The number of hydrogen-bond acceptors (Lipinski definition) is 3. The Kier molecular flexibility index (Phi) is 6.12. The maximum Gasteiger partial charge on any atom is 0.308 e. The fourth-order valence-corrected chi connectivity index (χ4v) is 3.47. The van der Waals surface area contributed by atoms with Crippen LogP contribution in [0.25, 0.3) is 5.69 Å². The van der Waals surface area contributed by atoms with E-state index in [1.165, 1.54) is 0 Å². The molecule has 1 unspecified atom stereocenters. The van der Waals surface area contributed by atoms with Gasteiger partial charge in [-0.15, -0.1) is 0 Å². The van der Waals surface area contributed by atoms with Crippen molar-refractivity contribution in [2.45, 2.75) is 27.2 Å². The van der Waals surface area contributed by atoms with Gasteiger partial charge in [-0.2, -0.15) is 5.10 Å². The number of aliphatic carboxylic acids is 1. The average Bonchev–Trinajstić information content (AvgIpc) is 2.99.